The Morgan fingerprint density at radius 1 is 1.12 bits per heavy atom. The van der Waals surface area contributed by atoms with Gasteiger partial charge in [-0.05, 0) is 30.7 Å². The van der Waals surface area contributed by atoms with Gasteiger partial charge in [0.2, 0.25) is 0 Å². The van der Waals surface area contributed by atoms with E-state index in [1.54, 1.807) is 42.5 Å². The number of carbonyl (C=O) groups excluding carboxylic acids is 2. The lowest BCUT2D eigenvalue weighted by molar-refractivity contribution is -0.118. The summed E-state index contributed by atoms with van der Waals surface area (Å²) in [6, 6.07) is 11.3. The lowest BCUT2D eigenvalue weighted by Gasteiger charge is -2.14. The molecule has 1 aromatic heterocycles. The minimum absolute atomic E-state index is 0.0156. The molecule has 136 valence electrons. The lowest BCUT2D eigenvalue weighted by atomic mass is 10.2. The van der Waals surface area contributed by atoms with Crippen LogP contribution in [0, 0.1) is 0 Å². The van der Waals surface area contributed by atoms with Crippen molar-refractivity contribution in [2.75, 3.05) is 11.5 Å². The van der Waals surface area contributed by atoms with Crippen molar-refractivity contribution in [2.24, 2.45) is 0 Å². The Morgan fingerprint density at radius 2 is 1.88 bits per heavy atom. The van der Waals surface area contributed by atoms with Crippen molar-refractivity contribution >= 4 is 27.7 Å². The topological polar surface area (TPSA) is 105 Å². The van der Waals surface area contributed by atoms with Crippen LogP contribution in [0.5, 0.6) is 0 Å². The molecule has 0 spiro atoms. The first-order valence-corrected chi connectivity index (χ1v) is 9.88. The van der Waals surface area contributed by atoms with Crippen molar-refractivity contribution in [3.63, 3.8) is 0 Å². The first-order chi connectivity index (χ1) is 12.4. The summed E-state index contributed by atoms with van der Waals surface area (Å²) < 4.78 is 28.3. The van der Waals surface area contributed by atoms with Gasteiger partial charge in [-0.1, -0.05) is 18.2 Å². The number of benzene rings is 1. The molecule has 2 heterocycles. The molecule has 8 heteroatoms. The van der Waals surface area contributed by atoms with Gasteiger partial charge in [0.1, 0.15) is 11.5 Å². The van der Waals surface area contributed by atoms with E-state index in [-0.39, 0.29) is 17.2 Å². The fourth-order valence-corrected chi connectivity index (χ4v) is 4.30. The molecule has 0 unspecified atom stereocenters. The minimum atomic E-state index is -3.12. The third kappa shape index (κ3) is 4.60. The maximum Gasteiger partial charge on any atom is 0.268 e. The standard InChI is InChI=1S/C18H18N2O5S/c21-17(13-5-2-1-3-6-13)20-16(11-15-7-4-9-25-15)18(22)19-14-8-10-26(23,24)12-14/h1-7,9,11,14H,8,10,12H2,(H,19,22)(H,20,21)/b16-11+/t14-/m0/s1. The number of rotatable bonds is 5. The van der Waals surface area contributed by atoms with E-state index >= 15 is 0 Å². The Kier molecular flexibility index (Phi) is 5.22. The average molecular weight is 374 g/mol. The fourth-order valence-electron chi connectivity index (χ4n) is 2.63. The predicted molar refractivity (Wildman–Crippen MR) is 95.8 cm³/mol. The van der Waals surface area contributed by atoms with E-state index in [1.165, 1.54) is 12.3 Å². The number of furan rings is 1. The van der Waals surface area contributed by atoms with E-state index in [0.717, 1.165) is 0 Å². The Balaban J connectivity index is 1.77. The van der Waals surface area contributed by atoms with Crippen molar-refractivity contribution in [1.29, 1.82) is 0 Å². The van der Waals surface area contributed by atoms with E-state index in [1.807, 2.05) is 0 Å². The first kappa shape index (κ1) is 17.9. The number of sulfone groups is 1. The molecule has 1 saturated heterocycles. The fraction of sp³-hybridized carbons (Fsp3) is 0.222. The third-order valence-electron chi connectivity index (χ3n) is 3.93. The summed E-state index contributed by atoms with van der Waals surface area (Å²) in [6.45, 7) is 0. The van der Waals surface area contributed by atoms with E-state index in [9.17, 15) is 18.0 Å². The predicted octanol–water partition coefficient (Wildman–Crippen LogP) is 1.35. The molecule has 2 N–H and O–H groups in total. The van der Waals surface area contributed by atoms with Crippen molar-refractivity contribution in [3.05, 3.63) is 65.7 Å². The van der Waals surface area contributed by atoms with Gasteiger partial charge in [0.15, 0.2) is 9.84 Å². The maximum absolute atomic E-state index is 12.6. The van der Waals surface area contributed by atoms with Crippen LogP contribution in [0.2, 0.25) is 0 Å². The van der Waals surface area contributed by atoms with Gasteiger partial charge in [0, 0.05) is 17.7 Å². The molecule has 0 aliphatic carbocycles. The van der Waals surface area contributed by atoms with Crippen LogP contribution in [0.25, 0.3) is 6.08 Å². The van der Waals surface area contributed by atoms with E-state index < -0.39 is 27.7 Å². The summed E-state index contributed by atoms with van der Waals surface area (Å²) in [5, 5.41) is 5.23. The van der Waals surface area contributed by atoms with Crippen LogP contribution in [-0.2, 0) is 14.6 Å². The van der Waals surface area contributed by atoms with Gasteiger partial charge in [-0.25, -0.2) is 8.42 Å². The second-order valence-corrected chi connectivity index (χ2v) is 8.20. The Bertz CT molecular complexity index is 918. The molecule has 1 fully saturated rings. The molecule has 3 rings (SSSR count). The average Bonchev–Trinajstić information content (AvgIpc) is 3.24. The Labute approximate surface area is 151 Å². The number of hydrogen-bond donors (Lipinski definition) is 2. The van der Waals surface area contributed by atoms with Crippen LogP contribution in [0.1, 0.15) is 22.5 Å². The van der Waals surface area contributed by atoms with Crippen LogP contribution in [0.3, 0.4) is 0 Å². The summed E-state index contributed by atoms with van der Waals surface area (Å²) in [4.78, 5) is 24.9. The molecule has 0 bridgehead atoms. The first-order valence-electron chi connectivity index (χ1n) is 8.06. The van der Waals surface area contributed by atoms with Gasteiger partial charge in [0.25, 0.3) is 11.8 Å². The largest absolute Gasteiger partial charge is 0.465 e. The van der Waals surface area contributed by atoms with Gasteiger partial charge >= 0.3 is 0 Å². The molecule has 0 saturated carbocycles. The van der Waals surface area contributed by atoms with E-state index in [2.05, 4.69) is 10.6 Å². The number of hydrogen-bond acceptors (Lipinski definition) is 5. The van der Waals surface area contributed by atoms with Crippen molar-refractivity contribution in [2.45, 2.75) is 12.5 Å². The van der Waals surface area contributed by atoms with Crippen molar-refractivity contribution in [1.82, 2.24) is 10.6 Å². The molecule has 2 aromatic rings. The lowest BCUT2D eigenvalue weighted by Crippen LogP contribution is -2.41. The highest BCUT2D eigenvalue weighted by Gasteiger charge is 2.30. The highest BCUT2D eigenvalue weighted by Crippen LogP contribution is 2.13. The van der Waals surface area contributed by atoms with E-state index in [0.29, 0.717) is 17.7 Å². The van der Waals surface area contributed by atoms with E-state index in [4.69, 9.17) is 4.42 Å². The minimum Gasteiger partial charge on any atom is -0.465 e. The summed E-state index contributed by atoms with van der Waals surface area (Å²) in [6.07, 6.45) is 3.21. The van der Waals surface area contributed by atoms with Gasteiger partial charge in [-0.3, -0.25) is 9.59 Å². The third-order valence-corrected chi connectivity index (χ3v) is 5.69. The van der Waals surface area contributed by atoms with Crippen molar-refractivity contribution in [3.8, 4) is 0 Å². The highest BCUT2D eigenvalue weighted by atomic mass is 32.2. The van der Waals surface area contributed by atoms with Gasteiger partial charge < -0.3 is 15.1 Å². The molecular formula is C18H18N2O5S. The quantitative estimate of drug-likeness (QED) is 0.769. The maximum atomic E-state index is 12.6. The zero-order valence-electron chi connectivity index (χ0n) is 13.8. The second kappa shape index (κ2) is 7.57. The van der Waals surface area contributed by atoms with Crippen LogP contribution < -0.4 is 10.6 Å². The number of amides is 2. The molecule has 1 aromatic carbocycles. The molecule has 2 amide bonds. The molecule has 1 aliphatic rings. The zero-order chi connectivity index (χ0) is 18.6. The normalized spacial score (nSPS) is 19.1. The smallest absolute Gasteiger partial charge is 0.268 e. The van der Waals surface area contributed by atoms with Crippen LogP contribution in [-0.4, -0.2) is 37.8 Å². The summed E-state index contributed by atoms with van der Waals surface area (Å²) in [7, 11) is -3.12. The number of carbonyl (C=O) groups is 2. The van der Waals surface area contributed by atoms with Gasteiger partial charge in [-0.2, -0.15) is 0 Å². The van der Waals surface area contributed by atoms with Crippen LogP contribution >= 0.6 is 0 Å². The SMILES string of the molecule is O=C(N[C@H]1CCS(=O)(=O)C1)/C(=C\c1ccco1)NC(=O)c1ccccc1. The summed E-state index contributed by atoms with van der Waals surface area (Å²) in [5.74, 6) is -0.668. The molecule has 1 atom stereocenters. The molecule has 1 aliphatic heterocycles. The molecule has 7 nitrogen and oxygen atoms in total. The van der Waals surface area contributed by atoms with Crippen LogP contribution in [0.4, 0.5) is 0 Å². The monoisotopic (exact) mass is 374 g/mol. The summed E-state index contributed by atoms with van der Waals surface area (Å²) in [5.41, 5.74) is 0.382. The van der Waals surface area contributed by atoms with Crippen molar-refractivity contribution < 1.29 is 22.4 Å². The molecule has 26 heavy (non-hydrogen) atoms. The van der Waals surface area contributed by atoms with Crippen LogP contribution in [0.15, 0.2) is 58.8 Å². The summed E-state index contributed by atoms with van der Waals surface area (Å²) >= 11 is 0. The zero-order valence-corrected chi connectivity index (χ0v) is 14.7. The second-order valence-electron chi connectivity index (χ2n) is 5.97. The van der Waals surface area contributed by atoms with Gasteiger partial charge in [-0.15, -0.1) is 0 Å². The Morgan fingerprint density at radius 3 is 2.50 bits per heavy atom. The van der Waals surface area contributed by atoms with Gasteiger partial charge in [0.05, 0.1) is 17.8 Å². The number of nitrogens with one attached hydrogen (secondary N) is 2. The Hall–Kier alpha value is -2.87. The highest BCUT2D eigenvalue weighted by molar-refractivity contribution is 7.91. The molecular weight excluding hydrogens is 356 g/mol. The molecule has 0 radical (unpaired) electrons.